The molecule has 0 bridgehead atoms. The minimum atomic E-state index is -1.24. The van der Waals surface area contributed by atoms with Crippen LogP contribution in [-0.2, 0) is 4.79 Å². The molecule has 4 N–H and O–H groups in total. The van der Waals surface area contributed by atoms with Gasteiger partial charge in [-0.1, -0.05) is 32.1 Å². The lowest BCUT2D eigenvalue weighted by molar-refractivity contribution is -0.125. The molecule has 1 aliphatic rings. The first-order valence-corrected chi connectivity index (χ1v) is 8.51. The largest absolute Gasteiger partial charge is 0.497 e. The summed E-state index contributed by atoms with van der Waals surface area (Å²) in [5.74, 6) is 1.09. The van der Waals surface area contributed by atoms with Crippen LogP contribution in [0, 0.1) is 5.92 Å². The molecule has 1 aromatic rings. The zero-order valence-electron chi connectivity index (χ0n) is 14.9. The van der Waals surface area contributed by atoms with E-state index in [-0.39, 0.29) is 12.4 Å². The van der Waals surface area contributed by atoms with Crippen molar-refractivity contribution in [3.05, 3.63) is 18.2 Å². The fourth-order valence-corrected chi connectivity index (χ4v) is 3.24. The first kappa shape index (κ1) is 21.5. The fraction of sp³-hybridized carbons (Fsp3) is 0.611. The van der Waals surface area contributed by atoms with E-state index in [1.807, 2.05) is 0 Å². The number of methoxy groups -OCH3 is 2. The van der Waals surface area contributed by atoms with Gasteiger partial charge in [0.2, 0.25) is 0 Å². The van der Waals surface area contributed by atoms with E-state index in [9.17, 15) is 9.90 Å². The van der Waals surface area contributed by atoms with Crippen molar-refractivity contribution >= 4 is 24.0 Å². The van der Waals surface area contributed by atoms with Gasteiger partial charge in [0, 0.05) is 12.1 Å². The number of rotatable bonds is 7. The lowest BCUT2D eigenvalue weighted by Gasteiger charge is -2.26. The van der Waals surface area contributed by atoms with E-state index < -0.39 is 18.1 Å². The van der Waals surface area contributed by atoms with Crippen molar-refractivity contribution in [3.8, 4) is 11.5 Å². The molecular weight excluding hydrogens is 344 g/mol. The number of aliphatic hydroxyl groups excluding tert-OH is 1. The highest BCUT2D eigenvalue weighted by Crippen LogP contribution is 2.30. The van der Waals surface area contributed by atoms with Crippen LogP contribution in [0.3, 0.4) is 0 Å². The van der Waals surface area contributed by atoms with E-state index in [4.69, 9.17) is 15.2 Å². The van der Waals surface area contributed by atoms with Crippen molar-refractivity contribution in [2.45, 2.75) is 50.7 Å². The van der Waals surface area contributed by atoms with Gasteiger partial charge in [0.25, 0.3) is 5.91 Å². The van der Waals surface area contributed by atoms with Crippen molar-refractivity contribution in [1.82, 2.24) is 0 Å². The molecule has 1 fully saturated rings. The standard InChI is InChI=1S/C18H28N2O4.ClH/c1-23-13-8-9-15(16(11-13)24-2)20-18(22)17(21)14(19)10-12-6-4-3-5-7-12;/h8-9,11-12,14,17,21H,3-7,10,19H2,1-2H3,(H,20,22);1H/t14-,17?;/m1./s1. The third kappa shape index (κ3) is 6.06. The van der Waals surface area contributed by atoms with Gasteiger partial charge in [-0.05, 0) is 24.5 Å². The molecular formula is C18H29ClN2O4. The number of halogens is 1. The lowest BCUT2D eigenvalue weighted by atomic mass is 9.84. The molecule has 0 aromatic heterocycles. The third-order valence-electron chi connectivity index (χ3n) is 4.67. The molecule has 1 aromatic carbocycles. The van der Waals surface area contributed by atoms with Crippen LogP contribution in [0.1, 0.15) is 38.5 Å². The highest BCUT2D eigenvalue weighted by atomic mass is 35.5. The second-order valence-corrected chi connectivity index (χ2v) is 6.40. The van der Waals surface area contributed by atoms with Crippen molar-refractivity contribution in [2.24, 2.45) is 11.7 Å². The maximum Gasteiger partial charge on any atom is 0.254 e. The summed E-state index contributed by atoms with van der Waals surface area (Å²) in [6.07, 6.45) is 5.40. The van der Waals surface area contributed by atoms with Gasteiger partial charge in [-0.2, -0.15) is 0 Å². The number of carbonyl (C=O) groups excluding carboxylic acids is 1. The van der Waals surface area contributed by atoms with Crippen molar-refractivity contribution in [3.63, 3.8) is 0 Å². The van der Waals surface area contributed by atoms with Crippen LogP contribution in [0.25, 0.3) is 0 Å². The molecule has 0 spiro atoms. The predicted molar refractivity (Wildman–Crippen MR) is 101 cm³/mol. The molecule has 7 heteroatoms. The Balaban J connectivity index is 0.00000312. The zero-order chi connectivity index (χ0) is 17.5. The minimum absolute atomic E-state index is 0. The Kier molecular flexibility index (Phi) is 9.03. The van der Waals surface area contributed by atoms with Gasteiger partial charge in [0.05, 0.1) is 19.9 Å². The van der Waals surface area contributed by atoms with Crippen molar-refractivity contribution in [1.29, 1.82) is 0 Å². The number of ether oxygens (including phenoxy) is 2. The number of carbonyl (C=O) groups is 1. The maximum atomic E-state index is 12.3. The first-order valence-electron chi connectivity index (χ1n) is 8.51. The van der Waals surface area contributed by atoms with Gasteiger partial charge < -0.3 is 25.6 Å². The van der Waals surface area contributed by atoms with Crippen LogP contribution in [0.15, 0.2) is 18.2 Å². The average Bonchev–Trinajstić information content (AvgIpc) is 2.62. The zero-order valence-corrected chi connectivity index (χ0v) is 15.7. The summed E-state index contributed by atoms with van der Waals surface area (Å²) in [6.45, 7) is 0. The number of aliphatic hydroxyl groups is 1. The van der Waals surface area contributed by atoms with E-state index >= 15 is 0 Å². The van der Waals surface area contributed by atoms with Gasteiger partial charge in [0.1, 0.15) is 17.6 Å². The molecule has 0 heterocycles. The van der Waals surface area contributed by atoms with E-state index in [1.165, 1.54) is 26.4 Å². The Morgan fingerprint density at radius 1 is 1.28 bits per heavy atom. The molecule has 142 valence electrons. The van der Waals surface area contributed by atoms with Crippen molar-refractivity contribution < 1.29 is 19.4 Å². The molecule has 2 atom stereocenters. The van der Waals surface area contributed by atoms with Gasteiger partial charge in [-0.3, -0.25) is 4.79 Å². The minimum Gasteiger partial charge on any atom is -0.497 e. The molecule has 1 amide bonds. The normalized spacial score (nSPS) is 17.1. The number of hydrogen-bond donors (Lipinski definition) is 3. The van der Waals surface area contributed by atoms with Gasteiger partial charge in [-0.15, -0.1) is 12.4 Å². The summed E-state index contributed by atoms with van der Waals surface area (Å²) in [5, 5.41) is 12.9. The number of hydrogen-bond acceptors (Lipinski definition) is 5. The second kappa shape index (κ2) is 10.5. The highest BCUT2D eigenvalue weighted by Gasteiger charge is 2.27. The monoisotopic (exact) mass is 372 g/mol. The Labute approximate surface area is 155 Å². The quantitative estimate of drug-likeness (QED) is 0.684. The molecule has 1 aliphatic carbocycles. The molecule has 25 heavy (non-hydrogen) atoms. The summed E-state index contributed by atoms with van der Waals surface area (Å²) < 4.78 is 10.4. The van der Waals surface area contributed by atoms with Crippen LogP contribution in [0.2, 0.25) is 0 Å². The molecule has 1 unspecified atom stereocenters. The number of anilines is 1. The Bertz CT molecular complexity index is 550. The summed E-state index contributed by atoms with van der Waals surface area (Å²) in [4.78, 5) is 12.3. The highest BCUT2D eigenvalue weighted by molar-refractivity contribution is 5.95. The average molecular weight is 373 g/mol. The first-order chi connectivity index (χ1) is 11.5. The van der Waals surface area contributed by atoms with Gasteiger partial charge in [0.15, 0.2) is 0 Å². The fourth-order valence-electron chi connectivity index (χ4n) is 3.24. The van der Waals surface area contributed by atoms with Crippen LogP contribution in [0.4, 0.5) is 5.69 Å². The van der Waals surface area contributed by atoms with Crippen LogP contribution >= 0.6 is 12.4 Å². The van der Waals surface area contributed by atoms with E-state index in [1.54, 1.807) is 25.3 Å². The predicted octanol–water partition coefficient (Wildman–Crippen LogP) is 2.72. The van der Waals surface area contributed by atoms with Crippen LogP contribution < -0.4 is 20.5 Å². The molecule has 0 radical (unpaired) electrons. The van der Waals surface area contributed by atoms with E-state index in [0.29, 0.717) is 29.5 Å². The molecule has 0 saturated heterocycles. The molecule has 0 aliphatic heterocycles. The second-order valence-electron chi connectivity index (χ2n) is 6.40. The Morgan fingerprint density at radius 3 is 2.56 bits per heavy atom. The Morgan fingerprint density at radius 2 is 1.96 bits per heavy atom. The maximum absolute atomic E-state index is 12.3. The van der Waals surface area contributed by atoms with Gasteiger partial charge >= 0.3 is 0 Å². The van der Waals surface area contributed by atoms with Crippen LogP contribution in [0.5, 0.6) is 11.5 Å². The van der Waals surface area contributed by atoms with Gasteiger partial charge in [-0.25, -0.2) is 0 Å². The summed E-state index contributed by atoms with van der Waals surface area (Å²) in [7, 11) is 3.07. The number of nitrogens with one attached hydrogen (secondary N) is 1. The van der Waals surface area contributed by atoms with Crippen molar-refractivity contribution in [2.75, 3.05) is 19.5 Å². The number of benzene rings is 1. The van der Waals surface area contributed by atoms with E-state index in [2.05, 4.69) is 5.32 Å². The molecule has 1 saturated carbocycles. The summed E-state index contributed by atoms with van der Waals surface area (Å²) in [5.41, 5.74) is 6.54. The van der Waals surface area contributed by atoms with Crippen LogP contribution in [-0.4, -0.2) is 37.4 Å². The number of nitrogens with two attached hydrogens (primary N) is 1. The summed E-state index contributed by atoms with van der Waals surface area (Å²) >= 11 is 0. The SMILES string of the molecule is COc1ccc(NC(=O)C(O)[C@H](N)CC2CCCCC2)c(OC)c1.Cl. The Hall–Kier alpha value is -1.50. The smallest absolute Gasteiger partial charge is 0.254 e. The lowest BCUT2D eigenvalue weighted by Crippen LogP contribution is -2.44. The number of amides is 1. The summed E-state index contributed by atoms with van der Waals surface area (Å²) in [6, 6.07) is 4.50. The van der Waals surface area contributed by atoms with E-state index in [0.717, 1.165) is 12.8 Å². The molecule has 2 rings (SSSR count). The third-order valence-corrected chi connectivity index (χ3v) is 4.67. The molecule has 6 nitrogen and oxygen atoms in total. The topological polar surface area (TPSA) is 93.8 Å².